The zero-order chi connectivity index (χ0) is 26.4. The number of hydrogen-bond donors (Lipinski definition) is 1. The molecule has 5 heterocycles. The first-order valence-electron chi connectivity index (χ1n) is 12.5. The Labute approximate surface area is 218 Å². The summed E-state index contributed by atoms with van der Waals surface area (Å²) in [5.74, 6) is -1.43. The summed E-state index contributed by atoms with van der Waals surface area (Å²) in [5.41, 5.74) is -1.85. The summed E-state index contributed by atoms with van der Waals surface area (Å²) in [6, 6.07) is 3.72. The molecule has 1 spiro atoms. The van der Waals surface area contributed by atoms with Gasteiger partial charge in [0.05, 0.1) is 24.3 Å². The predicted octanol–water partition coefficient (Wildman–Crippen LogP) is 4.42. The summed E-state index contributed by atoms with van der Waals surface area (Å²) >= 11 is 1.14. The van der Waals surface area contributed by atoms with Crippen molar-refractivity contribution in [2.45, 2.75) is 42.5 Å². The van der Waals surface area contributed by atoms with Crippen LogP contribution in [-0.4, -0.2) is 53.7 Å². The summed E-state index contributed by atoms with van der Waals surface area (Å²) in [5, 5.41) is 3.81. The molecule has 6 nitrogen and oxygen atoms in total. The van der Waals surface area contributed by atoms with Crippen LogP contribution in [0.25, 0.3) is 22.0 Å². The van der Waals surface area contributed by atoms with Crippen LogP contribution in [0.2, 0.25) is 0 Å². The van der Waals surface area contributed by atoms with Crippen molar-refractivity contribution in [3.63, 3.8) is 0 Å². The Morgan fingerprint density at radius 2 is 1.84 bits per heavy atom. The number of piperazine rings is 1. The van der Waals surface area contributed by atoms with E-state index in [0.29, 0.717) is 30.4 Å². The number of hydrogen-bond acceptors (Lipinski definition) is 6. The second kappa shape index (κ2) is 8.40. The van der Waals surface area contributed by atoms with Gasteiger partial charge in [0.2, 0.25) is 0 Å². The molecule has 2 aromatic carbocycles. The van der Waals surface area contributed by atoms with Gasteiger partial charge < -0.3 is 15.0 Å². The molecule has 2 unspecified atom stereocenters. The molecule has 38 heavy (non-hydrogen) atoms. The Morgan fingerprint density at radius 3 is 2.47 bits per heavy atom. The molecule has 2 bridgehead atoms. The van der Waals surface area contributed by atoms with Gasteiger partial charge in [0.15, 0.2) is 0 Å². The first kappa shape index (κ1) is 24.3. The molecular formula is C26H23F5N4O2S. The van der Waals surface area contributed by atoms with Gasteiger partial charge >= 0.3 is 11.9 Å². The Balaban J connectivity index is 1.44. The molecule has 12 heteroatoms. The summed E-state index contributed by atoms with van der Waals surface area (Å²) in [7, 11) is 0. The number of anilines is 1. The van der Waals surface area contributed by atoms with Crippen LogP contribution in [0.1, 0.15) is 18.4 Å². The highest BCUT2D eigenvalue weighted by Gasteiger charge is 2.48. The minimum Gasteiger partial charge on any atom is -0.380 e. The van der Waals surface area contributed by atoms with E-state index in [4.69, 9.17) is 4.74 Å². The molecule has 1 aromatic heterocycles. The van der Waals surface area contributed by atoms with Gasteiger partial charge in [-0.1, -0.05) is 0 Å². The van der Waals surface area contributed by atoms with Gasteiger partial charge in [-0.05, 0) is 31.0 Å². The third-order valence-corrected chi connectivity index (χ3v) is 9.17. The van der Waals surface area contributed by atoms with E-state index < -0.39 is 29.1 Å². The van der Waals surface area contributed by atoms with E-state index in [1.54, 1.807) is 0 Å². The quantitative estimate of drug-likeness (QED) is 0.477. The van der Waals surface area contributed by atoms with E-state index in [1.807, 2.05) is 4.90 Å². The Kier molecular flexibility index (Phi) is 5.38. The number of halogens is 5. The highest BCUT2D eigenvalue weighted by molar-refractivity contribution is 7.99. The van der Waals surface area contributed by atoms with Crippen molar-refractivity contribution < 1.29 is 26.7 Å². The minimum absolute atomic E-state index is 0.0992. The van der Waals surface area contributed by atoms with Crippen LogP contribution in [0.15, 0.2) is 34.0 Å². The summed E-state index contributed by atoms with van der Waals surface area (Å²) in [4.78, 5) is 19.6. The fraction of sp³-hybridized carbons (Fsp3) is 0.462. The zero-order valence-corrected chi connectivity index (χ0v) is 20.9. The number of ether oxygens (including phenoxy) is 1. The number of alkyl halides is 3. The summed E-state index contributed by atoms with van der Waals surface area (Å²) < 4.78 is 79.0. The van der Waals surface area contributed by atoms with E-state index in [1.165, 1.54) is 4.57 Å². The number of nitrogens with one attached hydrogen (secondary N) is 1. The van der Waals surface area contributed by atoms with Gasteiger partial charge in [0.25, 0.3) is 0 Å². The molecule has 0 radical (unpaired) electrons. The van der Waals surface area contributed by atoms with Gasteiger partial charge in [-0.2, -0.15) is 18.2 Å². The molecule has 2 atom stereocenters. The van der Waals surface area contributed by atoms with Crippen molar-refractivity contribution in [2.75, 3.05) is 37.0 Å². The minimum atomic E-state index is -4.83. The second-order valence-corrected chi connectivity index (χ2v) is 11.8. The summed E-state index contributed by atoms with van der Waals surface area (Å²) in [6.45, 7) is 2.71. The molecule has 7 rings (SSSR count). The van der Waals surface area contributed by atoms with E-state index in [9.17, 15) is 26.7 Å². The van der Waals surface area contributed by atoms with Gasteiger partial charge in [0.1, 0.15) is 17.5 Å². The molecule has 200 valence electrons. The smallest absolute Gasteiger partial charge is 0.380 e. The van der Waals surface area contributed by atoms with E-state index in [2.05, 4.69) is 10.3 Å². The number of benzene rings is 2. The van der Waals surface area contributed by atoms with Crippen LogP contribution in [0.3, 0.4) is 0 Å². The zero-order valence-electron chi connectivity index (χ0n) is 20.1. The molecule has 4 aliphatic heterocycles. The van der Waals surface area contributed by atoms with Crippen LogP contribution in [-0.2, 0) is 17.5 Å². The molecule has 1 N–H and O–H groups in total. The lowest BCUT2D eigenvalue weighted by atomic mass is 9.70. The van der Waals surface area contributed by atoms with Crippen LogP contribution in [0, 0.1) is 17.0 Å². The fourth-order valence-corrected chi connectivity index (χ4v) is 7.82. The normalized spacial score (nSPS) is 24.1. The lowest BCUT2D eigenvalue weighted by molar-refractivity contribution is -0.142. The number of rotatable bonds is 2. The monoisotopic (exact) mass is 550 g/mol. The lowest BCUT2D eigenvalue weighted by Gasteiger charge is -2.54. The van der Waals surface area contributed by atoms with Crippen LogP contribution in [0.5, 0.6) is 0 Å². The number of aromatic nitrogens is 2. The predicted molar refractivity (Wildman–Crippen MR) is 132 cm³/mol. The highest BCUT2D eigenvalue weighted by Crippen LogP contribution is 2.49. The molecule has 3 aromatic rings. The van der Waals surface area contributed by atoms with E-state index >= 15 is 0 Å². The first-order chi connectivity index (χ1) is 18.1. The Morgan fingerprint density at radius 1 is 1.11 bits per heavy atom. The van der Waals surface area contributed by atoms with Gasteiger partial charge in [-0.25, -0.2) is 13.6 Å². The standard InChI is InChI=1S/C26H23F5N4O2S/c27-13-1-2-16(19(28)5-13)20-18(26(29,30)31)6-17-21-22(20)38-4-3-35(21)24(36)33-23(17)34-9-14-7-25(11-37-12-25)8-15(10-34)32-14/h1-2,5-6,14-15,32H,3-4,7-12H2. The van der Waals surface area contributed by atoms with Crippen LogP contribution >= 0.6 is 11.8 Å². The highest BCUT2D eigenvalue weighted by atomic mass is 32.2. The maximum absolute atomic E-state index is 14.9. The maximum atomic E-state index is 14.9. The first-order valence-corrected chi connectivity index (χ1v) is 13.5. The largest absolute Gasteiger partial charge is 0.417 e. The van der Waals surface area contributed by atoms with Gasteiger partial charge in [-0.15, -0.1) is 11.8 Å². The van der Waals surface area contributed by atoms with E-state index in [-0.39, 0.29) is 51.3 Å². The van der Waals surface area contributed by atoms with Gasteiger partial charge in [-0.3, -0.25) is 4.57 Å². The van der Waals surface area contributed by atoms with Crippen LogP contribution < -0.4 is 15.9 Å². The third-order valence-electron chi connectivity index (χ3n) is 8.09. The van der Waals surface area contributed by atoms with E-state index in [0.717, 1.165) is 56.0 Å². The number of thioether (sulfide) groups is 1. The van der Waals surface area contributed by atoms with Crippen molar-refractivity contribution in [3.05, 3.63) is 51.9 Å². The van der Waals surface area contributed by atoms with Crippen molar-refractivity contribution in [3.8, 4) is 11.1 Å². The molecule has 3 fully saturated rings. The molecular weight excluding hydrogens is 527 g/mol. The lowest BCUT2D eigenvalue weighted by Crippen LogP contribution is -2.66. The molecule has 0 aliphatic carbocycles. The fourth-order valence-electron chi connectivity index (χ4n) is 6.62. The molecule has 0 saturated carbocycles. The van der Waals surface area contributed by atoms with Crippen molar-refractivity contribution in [1.29, 1.82) is 0 Å². The topological polar surface area (TPSA) is 59.4 Å². The van der Waals surface area contributed by atoms with Crippen molar-refractivity contribution in [1.82, 2.24) is 14.9 Å². The average Bonchev–Trinajstić information content (AvgIpc) is 2.84. The molecule has 4 aliphatic rings. The number of nitrogens with zero attached hydrogens (tertiary/aromatic N) is 3. The van der Waals surface area contributed by atoms with Gasteiger partial charge in [0, 0.05) is 70.4 Å². The SMILES string of the molecule is O=c1nc(N2CC3CC4(COC4)CC(C2)N3)c2cc(C(F)(F)F)c(-c3ccc(F)cc3F)c3c2n1CCS3. The Bertz CT molecular complexity index is 1520. The molecule has 0 amide bonds. The third kappa shape index (κ3) is 3.75. The maximum Gasteiger partial charge on any atom is 0.417 e. The Hall–Kier alpha value is -2.70. The van der Waals surface area contributed by atoms with Crippen LogP contribution in [0.4, 0.5) is 27.8 Å². The molecule has 3 saturated heterocycles. The number of aryl methyl sites for hydroxylation is 1. The summed E-state index contributed by atoms with van der Waals surface area (Å²) in [6.07, 6.45) is -3.05. The van der Waals surface area contributed by atoms with Crippen molar-refractivity contribution >= 4 is 28.5 Å². The second-order valence-electron chi connectivity index (χ2n) is 10.7. The number of piperidine rings is 1. The number of fused-ring (bicyclic) bond motifs is 2. The average molecular weight is 551 g/mol. The van der Waals surface area contributed by atoms with Crippen molar-refractivity contribution in [2.24, 2.45) is 5.41 Å².